The standard InChI is InChI=1S/C16H18BrN3O/c1-11(17)12-5-9-20(10-6-12)16(21)13-3-2-4-14-15(13)19-8-7-18-14/h2-4,7-8,11-12H,5-6,9-10H2,1H3. The predicted octanol–water partition coefficient (Wildman–Crippen LogP) is 3.27. The first-order valence-corrected chi connectivity index (χ1v) is 8.21. The molecule has 1 aromatic heterocycles. The molecule has 2 aromatic rings. The van der Waals surface area contributed by atoms with Gasteiger partial charge in [-0.25, -0.2) is 0 Å². The van der Waals surface area contributed by atoms with Crippen LogP contribution in [-0.2, 0) is 0 Å². The molecule has 0 bridgehead atoms. The fourth-order valence-corrected chi connectivity index (χ4v) is 3.43. The number of carbonyl (C=O) groups is 1. The van der Waals surface area contributed by atoms with Crippen molar-refractivity contribution in [3.05, 3.63) is 36.2 Å². The summed E-state index contributed by atoms with van der Waals surface area (Å²) in [6, 6.07) is 5.61. The monoisotopic (exact) mass is 347 g/mol. The van der Waals surface area contributed by atoms with E-state index in [1.807, 2.05) is 23.1 Å². The minimum atomic E-state index is 0.0711. The number of amides is 1. The quantitative estimate of drug-likeness (QED) is 0.783. The van der Waals surface area contributed by atoms with E-state index in [0.717, 1.165) is 31.4 Å². The van der Waals surface area contributed by atoms with Crippen molar-refractivity contribution in [2.75, 3.05) is 13.1 Å². The molecular weight excluding hydrogens is 330 g/mol. The van der Waals surface area contributed by atoms with Gasteiger partial charge in [0.15, 0.2) is 0 Å². The van der Waals surface area contributed by atoms with Crippen molar-refractivity contribution >= 4 is 32.9 Å². The first-order valence-electron chi connectivity index (χ1n) is 7.30. The molecule has 0 N–H and O–H groups in total. The second kappa shape index (κ2) is 6.10. The van der Waals surface area contributed by atoms with Gasteiger partial charge < -0.3 is 4.90 Å². The second-order valence-electron chi connectivity index (χ2n) is 5.54. The molecule has 1 atom stereocenters. The summed E-state index contributed by atoms with van der Waals surface area (Å²) in [5, 5.41) is 0. The van der Waals surface area contributed by atoms with Gasteiger partial charge in [-0.2, -0.15) is 0 Å². The molecule has 2 heterocycles. The third-order valence-electron chi connectivity index (χ3n) is 4.21. The highest BCUT2D eigenvalue weighted by Crippen LogP contribution is 2.26. The topological polar surface area (TPSA) is 46.1 Å². The Morgan fingerprint density at radius 2 is 2.00 bits per heavy atom. The third-order valence-corrected chi connectivity index (χ3v) is 4.95. The lowest BCUT2D eigenvalue weighted by Gasteiger charge is -2.33. The van der Waals surface area contributed by atoms with E-state index in [-0.39, 0.29) is 5.91 Å². The number of piperidine rings is 1. The number of carbonyl (C=O) groups excluding carboxylic acids is 1. The summed E-state index contributed by atoms with van der Waals surface area (Å²) >= 11 is 3.65. The number of aromatic nitrogens is 2. The Kier molecular flexibility index (Phi) is 4.19. The fraction of sp³-hybridized carbons (Fsp3) is 0.438. The van der Waals surface area contributed by atoms with E-state index < -0.39 is 0 Å². The molecule has 110 valence electrons. The van der Waals surface area contributed by atoms with Crippen LogP contribution >= 0.6 is 15.9 Å². The highest BCUT2D eigenvalue weighted by atomic mass is 79.9. The van der Waals surface area contributed by atoms with Crippen LogP contribution in [0.2, 0.25) is 0 Å². The van der Waals surface area contributed by atoms with Gasteiger partial charge in [0.25, 0.3) is 5.91 Å². The highest BCUT2D eigenvalue weighted by molar-refractivity contribution is 9.09. The van der Waals surface area contributed by atoms with Crippen molar-refractivity contribution in [1.82, 2.24) is 14.9 Å². The van der Waals surface area contributed by atoms with Crippen molar-refractivity contribution < 1.29 is 4.79 Å². The molecule has 4 nitrogen and oxygen atoms in total. The molecule has 0 aliphatic carbocycles. The van der Waals surface area contributed by atoms with E-state index in [0.29, 0.717) is 21.8 Å². The maximum Gasteiger partial charge on any atom is 0.256 e. The van der Waals surface area contributed by atoms with Crippen LogP contribution in [0, 0.1) is 5.92 Å². The lowest BCUT2D eigenvalue weighted by Crippen LogP contribution is -2.40. The van der Waals surface area contributed by atoms with Gasteiger partial charge in [0, 0.05) is 30.3 Å². The van der Waals surface area contributed by atoms with E-state index in [1.54, 1.807) is 12.4 Å². The van der Waals surface area contributed by atoms with Crippen LogP contribution in [-0.4, -0.2) is 38.7 Å². The Labute approximate surface area is 132 Å². The van der Waals surface area contributed by atoms with Gasteiger partial charge in [-0.05, 0) is 30.9 Å². The van der Waals surface area contributed by atoms with Gasteiger partial charge in [-0.1, -0.05) is 28.9 Å². The van der Waals surface area contributed by atoms with Crippen LogP contribution < -0.4 is 0 Å². The molecule has 0 saturated carbocycles. The largest absolute Gasteiger partial charge is 0.339 e. The zero-order chi connectivity index (χ0) is 14.8. The summed E-state index contributed by atoms with van der Waals surface area (Å²) in [5.41, 5.74) is 2.12. The molecule has 3 rings (SSSR count). The van der Waals surface area contributed by atoms with Crippen LogP contribution in [0.4, 0.5) is 0 Å². The number of para-hydroxylation sites is 1. The fourth-order valence-electron chi connectivity index (χ4n) is 2.90. The summed E-state index contributed by atoms with van der Waals surface area (Å²) < 4.78 is 0. The van der Waals surface area contributed by atoms with Crippen LogP contribution in [0.5, 0.6) is 0 Å². The number of hydrogen-bond donors (Lipinski definition) is 0. The number of fused-ring (bicyclic) bond motifs is 1. The number of halogens is 1. The van der Waals surface area contributed by atoms with E-state index in [1.165, 1.54) is 0 Å². The number of rotatable bonds is 2. The number of benzene rings is 1. The Balaban J connectivity index is 1.82. The molecule has 21 heavy (non-hydrogen) atoms. The van der Waals surface area contributed by atoms with Crippen LogP contribution in [0.25, 0.3) is 11.0 Å². The van der Waals surface area contributed by atoms with Crippen LogP contribution in [0.3, 0.4) is 0 Å². The summed E-state index contributed by atoms with van der Waals surface area (Å²) in [6.07, 6.45) is 5.39. The molecule has 0 spiro atoms. The SMILES string of the molecule is CC(Br)C1CCN(C(=O)c2cccc3nccnc23)CC1. The van der Waals surface area contributed by atoms with Gasteiger partial charge in [0.1, 0.15) is 5.52 Å². The highest BCUT2D eigenvalue weighted by Gasteiger charge is 2.26. The zero-order valence-electron chi connectivity index (χ0n) is 12.0. The maximum absolute atomic E-state index is 12.7. The average Bonchev–Trinajstić information content (AvgIpc) is 2.53. The van der Waals surface area contributed by atoms with Crippen molar-refractivity contribution in [3.8, 4) is 0 Å². The van der Waals surface area contributed by atoms with Gasteiger partial charge in [-0.3, -0.25) is 14.8 Å². The third kappa shape index (κ3) is 2.93. The number of hydrogen-bond acceptors (Lipinski definition) is 3. The average molecular weight is 348 g/mol. The first-order chi connectivity index (χ1) is 10.2. The van der Waals surface area contributed by atoms with E-state index in [9.17, 15) is 4.79 Å². The van der Waals surface area contributed by atoms with Crippen molar-refractivity contribution in [1.29, 1.82) is 0 Å². The number of nitrogens with zero attached hydrogens (tertiary/aromatic N) is 3. The Bertz CT molecular complexity index is 646. The zero-order valence-corrected chi connectivity index (χ0v) is 13.6. The predicted molar refractivity (Wildman–Crippen MR) is 86.6 cm³/mol. The summed E-state index contributed by atoms with van der Waals surface area (Å²) in [6.45, 7) is 3.81. The lowest BCUT2D eigenvalue weighted by atomic mass is 9.94. The molecular formula is C16H18BrN3O. The number of alkyl halides is 1. The summed E-state index contributed by atoms with van der Waals surface area (Å²) in [4.78, 5) is 23.8. The van der Waals surface area contributed by atoms with Gasteiger partial charge in [0.2, 0.25) is 0 Å². The van der Waals surface area contributed by atoms with E-state index in [2.05, 4.69) is 32.8 Å². The van der Waals surface area contributed by atoms with Gasteiger partial charge in [0.05, 0.1) is 11.1 Å². The molecule has 1 unspecified atom stereocenters. The molecule has 1 amide bonds. The Morgan fingerprint density at radius 1 is 1.29 bits per heavy atom. The van der Waals surface area contributed by atoms with E-state index in [4.69, 9.17) is 0 Å². The molecule has 1 aliphatic heterocycles. The molecule has 1 aliphatic rings. The van der Waals surface area contributed by atoms with Gasteiger partial charge in [-0.15, -0.1) is 0 Å². The van der Waals surface area contributed by atoms with Gasteiger partial charge >= 0.3 is 0 Å². The second-order valence-corrected chi connectivity index (χ2v) is 6.98. The molecule has 0 radical (unpaired) electrons. The minimum absolute atomic E-state index is 0.0711. The normalized spacial score (nSPS) is 17.9. The minimum Gasteiger partial charge on any atom is -0.339 e. The Hall–Kier alpha value is -1.49. The van der Waals surface area contributed by atoms with Crippen molar-refractivity contribution in [2.24, 2.45) is 5.92 Å². The molecule has 1 fully saturated rings. The molecule has 1 saturated heterocycles. The summed E-state index contributed by atoms with van der Waals surface area (Å²) in [5.74, 6) is 0.725. The first kappa shape index (κ1) is 14.4. The van der Waals surface area contributed by atoms with Crippen LogP contribution in [0.15, 0.2) is 30.6 Å². The Morgan fingerprint density at radius 3 is 2.71 bits per heavy atom. The van der Waals surface area contributed by atoms with Crippen LogP contribution in [0.1, 0.15) is 30.1 Å². The van der Waals surface area contributed by atoms with E-state index >= 15 is 0 Å². The smallest absolute Gasteiger partial charge is 0.256 e. The van der Waals surface area contributed by atoms with Crippen molar-refractivity contribution in [3.63, 3.8) is 0 Å². The lowest BCUT2D eigenvalue weighted by molar-refractivity contribution is 0.0693. The molecule has 5 heteroatoms. The summed E-state index contributed by atoms with van der Waals surface area (Å²) in [7, 11) is 0. The van der Waals surface area contributed by atoms with Crippen molar-refractivity contribution in [2.45, 2.75) is 24.6 Å². The molecule has 1 aromatic carbocycles. The number of likely N-dealkylation sites (tertiary alicyclic amines) is 1. The maximum atomic E-state index is 12.7.